The first-order chi connectivity index (χ1) is 12.0. The normalized spacial score (nSPS) is 33.4. The van der Waals surface area contributed by atoms with Crippen LogP contribution in [0.15, 0.2) is 24.3 Å². The van der Waals surface area contributed by atoms with Gasteiger partial charge in [0.15, 0.2) is 0 Å². The van der Waals surface area contributed by atoms with Crippen molar-refractivity contribution in [2.24, 2.45) is 5.41 Å². The minimum absolute atomic E-state index is 0.0392. The van der Waals surface area contributed by atoms with Crippen molar-refractivity contribution in [3.63, 3.8) is 0 Å². The lowest BCUT2D eigenvalue weighted by Crippen LogP contribution is -2.50. The van der Waals surface area contributed by atoms with Crippen LogP contribution in [-0.2, 0) is 19.7 Å². The number of amides is 1. The van der Waals surface area contributed by atoms with E-state index in [1.54, 1.807) is 12.1 Å². The average molecular weight is 347 g/mol. The maximum absolute atomic E-state index is 13.8. The molecule has 0 spiro atoms. The van der Waals surface area contributed by atoms with E-state index in [9.17, 15) is 9.18 Å². The second kappa shape index (κ2) is 6.36. The van der Waals surface area contributed by atoms with Gasteiger partial charge in [-0.1, -0.05) is 12.1 Å². The summed E-state index contributed by atoms with van der Waals surface area (Å²) in [5.41, 5.74) is 0.257. The Bertz CT molecular complexity index is 658. The summed E-state index contributed by atoms with van der Waals surface area (Å²) in [4.78, 5) is 12.9. The smallest absolute Gasteiger partial charge is 0.228 e. The fourth-order valence-electron chi connectivity index (χ4n) is 4.77. The molecule has 3 aliphatic heterocycles. The summed E-state index contributed by atoms with van der Waals surface area (Å²) in [6.07, 6.45) is 4.69. The van der Waals surface area contributed by atoms with Crippen molar-refractivity contribution in [1.82, 2.24) is 5.32 Å². The maximum atomic E-state index is 13.8. The van der Waals surface area contributed by atoms with E-state index in [0.29, 0.717) is 19.8 Å². The molecular weight excluding hydrogens is 321 g/mol. The Kier molecular flexibility index (Phi) is 4.32. The highest BCUT2D eigenvalue weighted by molar-refractivity contribution is 5.83. The topological polar surface area (TPSA) is 47.6 Å². The van der Waals surface area contributed by atoms with Gasteiger partial charge in [0, 0.05) is 25.2 Å². The van der Waals surface area contributed by atoms with E-state index in [1.165, 1.54) is 6.07 Å². The van der Waals surface area contributed by atoms with Crippen molar-refractivity contribution in [3.8, 4) is 0 Å². The first kappa shape index (κ1) is 17.0. The van der Waals surface area contributed by atoms with Crippen LogP contribution >= 0.6 is 0 Å². The van der Waals surface area contributed by atoms with Crippen LogP contribution < -0.4 is 5.32 Å². The highest BCUT2D eigenvalue weighted by Gasteiger charge is 2.54. The third-order valence-corrected chi connectivity index (χ3v) is 6.46. The lowest BCUT2D eigenvalue weighted by atomic mass is 9.72. The zero-order valence-electron chi connectivity index (χ0n) is 14.7. The maximum Gasteiger partial charge on any atom is 0.228 e. The van der Waals surface area contributed by atoms with Crippen LogP contribution in [0.2, 0.25) is 0 Å². The Morgan fingerprint density at radius 2 is 2.12 bits per heavy atom. The zero-order chi connectivity index (χ0) is 17.5. The fourth-order valence-corrected chi connectivity index (χ4v) is 4.77. The summed E-state index contributed by atoms with van der Waals surface area (Å²) in [5.74, 6) is -0.162. The highest BCUT2D eigenvalue weighted by atomic mass is 19.1. The predicted octanol–water partition coefficient (Wildman–Crippen LogP) is 2.95. The number of rotatable bonds is 4. The van der Waals surface area contributed by atoms with Gasteiger partial charge < -0.3 is 14.8 Å². The van der Waals surface area contributed by atoms with E-state index >= 15 is 0 Å². The van der Waals surface area contributed by atoms with Gasteiger partial charge in [-0.05, 0) is 56.7 Å². The van der Waals surface area contributed by atoms with E-state index in [1.807, 2.05) is 13.0 Å². The van der Waals surface area contributed by atoms with Gasteiger partial charge in [0.1, 0.15) is 5.82 Å². The third-order valence-electron chi connectivity index (χ3n) is 6.46. The van der Waals surface area contributed by atoms with Crippen molar-refractivity contribution in [3.05, 3.63) is 35.6 Å². The van der Waals surface area contributed by atoms with Gasteiger partial charge in [-0.3, -0.25) is 4.79 Å². The number of ether oxygens (including phenoxy) is 2. The molecule has 0 saturated carbocycles. The second-order valence-electron chi connectivity index (χ2n) is 8.03. The fraction of sp³-hybridized carbons (Fsp3) is 0.650. The molecule has 0 unspecified atom stereocenters. The van der Waals surface area contributed by atoms with E-state index in [0.717, 1.165) is 37.7 Å². The van der Waals surface area contributed by atoms with Gasteiger partial charge in [0.05, 0.1) is 17.6 Å². The molecule has 3 aliphatic rings. The Morgan fingerprint density at radius 1 is 1.32 bits per heavy atom. The monoisotopic (exact) mass is 347 g/mol. The predicted molar refractivity (Wildman–Crippen MR) is 91.8 cm³/mol. The number of benzene rings is 1. The van der Waals surface area contributed by atoms with Crippen LogP contribution in [0.5, 0.6) is 0 Å². The number of nitrogens with one attached hydrogen (secondary N) is 1. The number of hydrogen-bond acceptors (Lipinski definition) is 3. The molecule has 3 heterocycles. The molecule has 0 radical (unpaired) electrons. The molecular formula is C20H26FNO3. The van der Waals surface area contributed by atoms with Gasteiger partial charge in [0.25, 0.3) is 0 Å². The molecule has 4 rings (SSSR count). The molecule has 1 N–H and O–H groups in total. The largest absolute Gasteiger partial charge is 0.381 e. The number of halogens is 1. The van der Waals surface area contributed by atoms with Crippen molar-refractivity contribution in [2.75, 3.05) is 19.8 Å². The molecule has 3 fully saturated rings. The molecule has 0 aliphatic carbocycles. The summed E-state index contributed by atoms with van der Waals surface area (Å²) in [5, 5.41) is 3.18. The molecule has 136 valence electrons. The van der Waals surface area contributed by atoms with Crippen LogP contribution in [0, 0.1) is 11.2 Å². The lowest BCUT2D eigenvalue weighted by Gasteiger charge is -2.39. The van der Waals surface area contributed by atoms with Crippen LogP contribution in [0.3, 0.4) is 0 Å². The van der Waals surface area contributed by atoms with Crippen molar-refractivity contribution in [2.45, 2.75) is 56.7 Å². The molecule has 3 saturated heterocycles. The quantitative estimate of drug-likeness (QED) is 0.911. The minimum atomic E-state index is -0.433. The molecule has 3 atom stereocenters. The Balaban J connectivity index is 1.51. The van der Waals surface area contributed by atoms with Crippen molar-refractivity contribution < 1.29 is 18.7 Å². The highest BCUT2D eigenvalue weighted by Crippen LogP contribution is 2.47. The summed E-state index contributed by atoms with van der Waals surface area (Å²) in [6.45, 7) is 3.81. The summed E-state index contributed by atoms with van der Waals surface area (Å²) < 4.78 is 25.2. The molecule has 1 aromatic carbocycles. The molecule has 25 heavy (non-hydrogen) atoms. The first-order valence-corrected chi connectivity index (χ1v) is 9.29. The molecule has 2 bridgehead atoms. The number of hydrogen-bond donors (Lipinski definition) is 1. The standard InChI is InChI=1S/C20H26FNO3/c1-19(12-16-5-6-17(19)25-16)18(23)22-13-20(7-9-24-10-8-20)14-3-2-4-15(21)11-14/h2-4,11,16-17H,5-10,12-13H2,1H3,(H,22,23)/t16-,17-,19+/m1/s1. The summed E-state index contributed by atoms with van der Waals surface area (Å²) in [6, 6.07) is 6.76. The van der Waals surface area contributed by atoms with Crippen molar-refractivity contribution >= 4 is 5.91 Å². The summed E-state index contributed by atoms with van der Waals surface area (Å²) in [7, 11) is 0. The van der Waals surface area contributed by atoms with Gasteiger partial charge in [-0.15, -0.1) is 0 Å². The second-order valence-corrected chi connectivity index (χ2v) is 8.03. The molecule has 0 aromatic heterocycles. The van der Waals surface area contributed by atoms with E-state index in [2.05, 4.69) is 5.32 Å². The van der Waals surface area contributed by atoms with Crippen LogP contribution in [0.1, 0.15) is 44.6 Å². The lowest BCUT2D eigenvalue weighted by molar-refractivity contribution is -0.133. The van der Waals surface area contributed by atoms with Gasteiger partial charge in [-0.2, -0.15) is 0 Å². The summed E-state index contributed by atoms with van der Waals surface area (Å²) >= 11 is 0. The van der Waals surface area contributed by atoms with E-state index in [4.69, 9.17) is 9.47 Å². The number of carbonyl (C=O) groups is 1. The van der Waals surface area contributed by atoms with Crippen LogP contribution in [0.25, 0.3) is 0 Å². The van der Waals surface area contributed by atoms with Gasteiger partial charge in [-0.25, -0.2) is 4.39 Å². The van der Waals surface area contributed by atoms with E-state index in [-0.39, 0.29) is 29.3 Å². The molecule has 5 heteroatoms. The van der Waals surface area contributed by atoms with Crippen LogP contribution in [0.4, 0.5) is 4.39 Å². The zero-order valence-corrected chi connectivity index (χ0v) is 14.7. The molecule has 4 nitrogen and oxygen atoms in total. The first-order valence-electron chi connectivity index (χ1n) is 9.29. The Hall–Kier alpha value is -1.46. The molecule has 1 amide bonds. The number of carbonyl (C=O) groups excluding carboxylic acids is 1. The number of fused-ring (bicyclic) bond motifs is 2. The minimum Gasteiger partial charge on any atom is -0.381 e. The van der Waals surface area contributed by atoms with Crippen molar-refractivity contribution in [1.29, 1.82) is 0 Å². The van der Waals surface area contributed by atoms with Crippen LogP contribution in [-0.4, -0.2) is 37.9 Å². The average Bonchev–Trinajstić information content (AvgIpc) is 3.21. The van der Waals surface area contributed by atoms with E-state index < -0.39 is 5.41 Å². The SMILES string of the molecule is C[C@]1(C(=O)NCC2(c3cccc(F)c3)CCOCC2)C[C@H]2CC[C@H]1O2. The van der Waals surface area contributed by atoms with Gasteiger partial charge in [0.2, 0.25) is 5.91 Å². The third kappa shape index (κ3) is 2.97. The Morgan fingerprint density at radius 3 is 2.76 bits per heavy atom. The Labute approximate surface area is 148 Å². The van der Waals surface area contributed by atoms with Gasteiger partial charge >= 0.3 is 0 Å². The molecule has 1 aromatic rings.